The molecular weight excluding hydrogens is 565 g/mol. The lowest BCUT2D eigenvalue weighted by Gasteiger charge is -2.20. The molecule has 0 aromatic heterocycles. The smallest absolute Gasteiger partial charge is 0.348 e. The van der Waals surface area contributed by atoms with Crippen LogP contribution < -0.4 is 5.32 Å². The molecule has 1 aliphatic heterocycles. The molecule has 1 heterocycles. The van der Waals surface area contributed by atoms with Crippen LogP contribution in [-0.2, 0) is 38.9 Å². The predicted octanol–water partition coefficient (Wildman–Crippen LogP) is 4.34. The van der Waals surface area contributed by atoms with Gasteiger partial charge in [0.25, 0.3) is 5.91 Å². The second-order valence-electron chi connectivity index (χ2n) is 9.52. The van der Waals surface area contributed by atoms with Crippen molar-refractivity contribution in [2.24, 2.45) is 5.92 Å². The molecule has 2 aromatic rings. The molecule has 3 rings (SSSR count). The van der Waals surface area contributed by atoms with Crippen molar-refractivity contribution in [2.45, 2.75) is 43.9 Å². The fraction of sp³-hybridized carbons (Fsp3) is 0.480. The van der Waals surface area contributed by atoms with Crippen LogP contribution in [0.4, 0.5) is 13.2 Å². The van der Waals surface area contributed by atoms with Gasteiger partial charge in [0.05, 0.1) is 22.0 Å². The number of nitrogens with zero attached hydrogens (tertiary/aromatic N) is 1. The van der Waals surface area contributed by atoms with E-state index in [2.05, 4.69) is 5.32 Å². The van der Waals surface area contributed by atoms with Crippen molar-refractivity contribution in [1.82, 2.24) is 10.2 Å². The number of carbonyl (C=O) groups excluding carboxylic acids is 1. The SMILES string of the molecule is CCS(=O)(=O)c1ccc(Cl)cc1CNC(=O)c1ccc(CN2CC[C@H](CCS(C)(=O)=O)C2)c(C(F)(F)F)c1. The molecule has 2 aromatic carbocycles. The van der Waals surface area contributed by atoms with E-state index in [1.165, 1.54) is 37.3 Å². The van der Waals surface area contributed by atoms with E-state index >= 15 is 0 Å². The topological polar surface area (TPSA) is 101 Å². The number of sulfone groups is 2. The van der Waals surface area contributed by atoms with Crippen molar-refractivity contribution in [3.8, 4) is 0 Å². The molecule has 0 radical (unpaired) electrons. The maximum absolute atomic E-state index is 13.9. The second-order valence-corrected chi connectivity index (χ2v) is 14.5. The predicted molar refractivity (Wildman–Crippen MR) is 140 cm³/mol. The lowest BCUT2D eigenvalue weighted by Crippen LogP contribution is -2.26. The zero-order valence-electron chi connectivity index (χ0n) is 21.0. The third-order valence-corrected chi connectivity index (χ3v) is 9.56. The van der Waals surface area contributed by atoms with Crippen molar-refractivity contribution in [3.63, 3.8) is 0 Å². The lowest BCUT2D eigenvalue weighted by molar-refractivity contribution is -0.138. The van der Waals surface area contributed by atoms with Gasteiger partial charge >= 0.3 is 6.18 Å². The Morgan fingerprint density at radius 3 is 2.45 bits per heavy atom. The summed E-state index contributed by atoms with van der Waals surface area (Å²) in [6, 6.07) is 7.52. The summed E-state index contributed by atoms with van der Waals surface area (Å²) in [7, 11) is -6.71. The number of benzene rings is 2. The van der Waals surface area contributed by atoms with Gasteiger partial charge in [-0.2, -0.15) is 13.2 Å². The minimum absolute atomic E-state index is 0.00326. The highest BCUT2D eigenvalue weighted by Gasteiger charge is 2.35. The molecule has 1 atom stereocenters. The molecule has 38 heavy (non-hydrogen) atoms. The normalized spacial score (nSPS) is 17.1. The van der Waals surface area contributed by atoms with Gasteiger partial charge in [-0.1, -0.05) is 24.6 Å². The summed E-state index contributed by atoms with van der Waals surface area (Å²) in [5, 5.41) is 2.75. The minimum atomic E-state index is -4.70. The van der Waals surface area contributed by atoms with Crippen molar-refractivity contribution in [2.75, 3.05) is 30.9 Å². The van der Waals surface area contributed by atoms with Crippen LogP contribution in [0.1, 0.15) is 46.8 Å². The van der Waals surface area contributed by atoms with Crippen LogP contribution in [0.25, 0.3) is 0 Å². The van der Waals surface area contributed by atoms with Gasteiger partial charge in [0.2, 0.25) is 0 Å². The highest BCUT2D eigenvalue weighted by molar-refractivity contribution is 7.91. The number of alkyl halides is 3. The van der Waals surface area contributed by atoms with Crippen LogP contribution in [0.15, 0.2) is 41.3 Å². The summed E-state index contributed by atoms with van der Waals surface area (Å²) in [6.07, 6.45) is -2.37. The Bertz CT molecular complexity index is 1400. The zero-order valence-corrected chi connectivity index (χ0v) is 23.4. The number of hydrogen-bond donors (Lipinski definition) is 1. The highest BCUT2D eigenvalue weighted by Crippen LogP contribution is 2.34. The molecule has 0 spiro atoms. The molecule has 7 nitrogen and oxygen atoms in total. The molecule has 1 amide bonds. The quantitative estimate of drug-likeness (QED) is 0.439. The van der Waals surface area contributed by atoms with Gasteiger partial charge in [-0.3, -0.25) is 9.69 Å². The molecule has 0 aliphatic carbocycles. The van der Waals surface area contributed by atoms with Gasteiger partial charge in [-0.05, 0) is 66.8 Å². The summed E-state index contributed by atoms with van der Waals surface area (Å²) >= 11 is 5.98. The highest BCUT2D eigenvalue weighted by atomic mass is 35.5. The standard InChI is InChI=1S/C25H30ClF3N2O5S2/c1-3-38(35,36)23-7-6-21(26)12-20(23)14-30-24(32)18-4-5-19(22(13-18)25(27,28)29)16-31-10-8-17(15-31)9-11-37(2,33)34/h4-7,12-13,17H,3,8-11,14-16H2,1-2H3,(H,30,32)/t17-/m1/s1. The van der Waals surface area contributed by atoms with E-state index in [-0.39, 0.29) is 57.1 Å². The van der Waals surface area contributed by atoms with E-state index < -0.39 is 37.3 Å². The summed E-state index contributed by atoms with van der Waals surface area (Å²) < 4.78 is 89.3. The Balaban J connectivity index is 1.74. The number of hydrogen-bond acceptors (Lipinski definition) is 6. The van der Waals surface area contributed by atoms with Crippen LogP contribution in [0.2, 0.25) is 5.02 Å². The fourth-order valence-electron chi connectivity index (χ4n) is 4.46. The van der Waals surface area contributed by atoms with E-state index in [1.54, 1.807) is 0 Å². The molecule has 1 N–H and O–H groups in total. The molecule has 0 unspecified atom stereocenters. The first kappa shape index (κ1) is 30.4. The minimum Gasteiger partial charge on any atom is -0.348 e. The third kappa shape index (κ3) is 8.17. The average molecular weight is 595 g/mol. The Morgan fingerprint density at radius 2 is 1.82 bits per heavy atom. The van der Waals surface area contributed by atoms with E-state index in [1.807, 2.05) is 4.90 Å². The van der Waals surface area contributed by atoms with E-state index in [4.69, 9.17) is 11.6 Å². The van der Waals surface area contributed by atoms with Crippen LogP contribution in [0.5, 0.6) is 0 Å². The first-order valence-electron chi connectivity index (χ1n) is 12.0. The first-order valence-corrected chi connectivity index (χ1v) is 16.1. The van der Waals surface area contributed by atoms with Gasteiger partial charge in [0.15, 0.2) is 9.84 Å². The number of halogens is 4. The Hall–Kier alpha value is -2.15. The second kappa shape index (κ2) is 11.9. The van der Waals surface area contributed by atoms with Crippen LogP contribution in [0.3, 0.4) is 0 Å². The molecular formula is C25H30ClF3N2O5S2. The average Bonchev–Trinajstić information content (AvgIpc) is 3.27. The molecule has 0 bridgehead atoms. The molecule has 13 heteroatoms. The number of rotatable bonds is 10. The largest absolute Gasteiger partial charge is 0.416 e. The monoisotopic (exact) mass is 594 g/mol. The Labute approximate surface area is 226 Å². The van der Waals surface area contributed by atoms with Crippen LogP contribution in [0, 0.1) is 5.92 Å². The van der Waals surface area contributed by atoms with Crippen molar-refractivity contribution in [1.29, 1.82) is 0 Å². The number of nitrogens with one attached hydrogen (secondary N) is 1. The summed E-state index contributed by atoms with van der Waals surface area (Å²) in [5.74, 6) is -0.813. The van der Waals surface area contributed by atoms with Gasteiger partial charge in [-0.15, -0.1) is 0 Å². The molecule has 0 saturated carbocycles. The lowest BCUT2D eigenvalue weighted by atomic mass is 10.0. The summed E-state index contributed by atoms with van der Waals surface area (Å²) in [4.78, 5) is 14.6. The van der Waals surface area contributed by atoms with Gasteiger partial charge in [0.1, 0.15) is 9.84 Å². The summed E-state index contributed by atoms with van der Waals surface area (Å²) in [5.41, 5.74) is -0.888. The Morgan fingerprint density at radius 1 is 1.11 bits per heavy atom. The molecule has 1 aliphatic rings. The molecule has 1 fully saturated rings. The van der Waals surface area contributed by atoms with Gasteiger partial charge < -0.3 is 5.32 Å². The van der Waals surface area contributed by atoms with Crippen LogP contribution >= 0.6 is 11.6 Å². The van der Waals surface area contributed by atoms with Crippen molar-refractivity contribution < 1.29 is 34.8 Å². The summed E-state index contributed by atoms with van der Waals surface area (Å²) in [6.45, 7) is 2.31. The Kier molecular flexibility index (Phi) is 9.54. The third-order valence-electron chi connectivity index (χ3n) is 6.52. The number of likely N-dealkylation sites (tertiary alicyclic amines) is 1. The fourth-order valence-corrected chi connectivity index (χ4v) is 6.53. The van der Waals surface area contributed by atoms with E-state index in [9.17, 15) is 34.8 Å². The molecule has 1 saturated heterocycles. The van der Waals surface area contributed by atoms with Crippen molar-refractivity contribution >= 4 is 37.2 Å². The van der Waals surface area contributed by atoms with Crippen molar-refractivity contribution in [3.05, 3.63) is 63.7 Å². The molecule has 210 valence electrons. The number of carbonyl (C=O) groups is 1. The van der Waals surface area contributed by atoms with Gasteiger partial charge in [0, 0.05) is 36.5 Å². The maximum Gasteiger partial charge on any atom is 0.416 e. The van der Waals surface area contributed by atoms with E-state index in [0.717, 1.165) is 12.3 Å². The van der Waals surface area contributed by atoms with E-state index in [0.29, 0.717) is 25.9 Å². The van der Waals surface area contributed by atoms with Gasteiger partial charge in [-0.25, -0.2) is 16.8 Å². The number of amides is 1. The first-order chi connectivity index (χ1) is 17.6. The van der Waals surface area contributed by atoms with Crippen LogP contribution in [-0.4, -0.2) is 58.5 Å². The zero-order chi connectivity index (χ0) is 28.3. The maximum atomic E-state index is 13.9.